The van der Waals surface area contributed by atoms with Crippen LogP contribution in [0.3, 0.4) is 0 Å². The molecule has 2 aromatic rings. The quantitative estimate of drug-likeness (QED) is 0.432. The van der Waals surface area contributed by atoms with Gasteiger partial charge in [0.2, 0.25) is 0 Å². The van der Waals surface area contributed by atoms with E-state index in [9.17, 15) is 19.7 Å². The fourth-order valence-corrected chi connectivity index (χ4v) is 2.78. The van der Waals surface area contributed by atoms with E-state index in [1.807, 2.05) is 13.8 Å². The molecule has 0 radical (unpaired) electrons. The van der Waals surface area contributed by atoms with Crippen molar-refractivity contribution < 1.29 is 14.5 Å². The van der Waals surface area contributed by atoms with E-state index in [0.29, 0.717) is 18.7 Å². The number of halogens is 1. The second kappa shape index (κ2) is 9.66. The Hall–Kier alpha value is -3.19. The minimum atomic E-state index is -0.539. The molecule has 0 aromatic heterocycles. The summed E-state index contributed by atoms with van der Waals surface area (Å²) in [7, 11) is 0. The van der Waals surface area contributed by atoms with Crippen molar-refractivity contribution in [3.63, 3.8) is 0 Å². The molecule has 28 heavy (non-hydrogen) atoms. The number of likely N-dealkylation sites (N-methyl/N-ethyl adjacent to an activating group) is 1. The summed E-state index contributed by atoms with van der Waals surface area (Å²) >= 11 is 6.06. The average Bonchev–Trinajstić information content (AvgIpc) is 2.68. The molecule has 2 amide bonds. The molecule has 0 bridgehead atoms. The van der Waals surface area contributed by atoms with Crippen LogP contribution in [-0.4, -0.2) is 34.7 Å². The van der Waals surface area contributed by atoms with Gasteiger partial charge in [-0.15, -0.1) is 0 Å². The lowest BCUT2D eigenvalue weighted by Crippen LogP contribution is -2.38. The summed E-state index contributed by atoms with van der Waals surface area (Å²) in [6.45, 7) is 4.54. The molecule has 146 valence electrons. The Bertz CT molecular complexity index is 923. The Morgan fingerprint density at radius 3 is 2.43 bits per heavy atom. The molecule has 8 heteroatoms. The molecule has 0 saturated carbocycles. The standard InChI is InChI=1S/C20H20ClN3O4/c1-3-23(4-2)20(26)18(13-14-8-7-9-15(12-14)24(27)28)22-19(25)16-10-5-6-11-17(16)21/h5-13H,3-4H2,1-2H3,(H,22,25). The van der Waals surface area contributed by atoms with Gasteiger partial charge in [0, 0.05) is 25.2 Å². The van der Waals surface area contributed by atoms with Crippen LogP contribution in [0.15, 0.2) is 54.2 Å². The van der Waals surface area contributed by atoms with Crippen molar-refractivity contribution >= 4 is 35.2 Å². The van der Waals surface area contributed by atoms with Crippen LogP contribution in [0.5, 0.6) is 0 Å². The van der Waals surface area contributed by atoms with E-state index in [1.165, 1.54) is 29.2 Å². The number of amides is 2. The number of hydrogen-bond acceptors (Lipinski definition) is 4. The Kier molecular flexibility index (Phi) is 7.28. The minimum absolute atomic E-state index is 0.00844. The first-order valence-corrected chi connectivity index (χ1v) is 9.06. The number of benzene rings is 2. The van der Waals surface area contributed by atoms with E-state index >= 15 is 0 Å². The highest BCUT2D eigenvalue weighted by atomic mass is 35.5. The maximum absolute atomic E-state index is 12.9. The van der Waals surface area contributed by atoms with Crippen molar-refractivity contribution in [1.82, 2.24) is 10.2 Å². The van der Waals surface area contributed by atoms with Gasteiger partial charge in [0.25, 0.3) is 17.5 Å². The van der Waals surface area contributed by atoms with Crippen LogP contribution in [0, 0.1) is 10.1 Å². The van der Waals surface area contributed by atoms with E-state index < -0.39 is 16.7 Å². The predicted octanol–water partition coefficient (Wildman–Crippen LogP) is 3.89. The van der Waals surface area contributed by atoms with Gasteiger partial charge in [-0.2, -0.15) is 0 Å². The van der Waals surface area contributed by atoms with Crippen LogP contribution in [-0.2, 0) is 4.79 Å². The summed E-state index contributed by atoms with van der Waals surface area (Å²) < 4.78 is 0. The Balaban J connectivity index is 2.43. The smallest absolute Gasteiger partial charge is 0.270 e. The van der Waals surface area contributed by atoms with Gasteiger partial charge in [-0.1, -0.05) is 35.9 Å². The molecule has 0 aliphatic heterocycles. The summed E-state index contributed by atoms with van der Waals surface area (Å²) in [4.78, 5) is 37.5. The maximum Gasteiger partial charge on any atom is 0.270 e. The van der Waals surface area contributed by atoms with Crippen LogP contribution < -0.4 is 5.32 Å². The SMILES string of the molecule is CCN(CC)C(=O)C(=Cc1cccc([N+](=O)[O-])c1)NC(=O)c1ccccc1Cl. The summed E-state index contributed by atoms with van der Waals surface area (Å²) in [5.74, 6) is -0.931. The van der Waals surface area contributed by atoms with Crippen LogP contribution >= 0.6 is 11.6 Å². The zero-order chi connectivity index (χ0) is 20.7. The summed E-state index contributed by atoms with van der Waals surface area (Å²) in [6, 6.07) is 12.3. The number of hydrogen-bond donors (Lipinski definition) is 1. The van der Waals surface area contributed by atoms with Gasteiger partial charge in [0.1, 0.15) is 5.70 Å². The number of non-ortho nitro benzene ring substituents is 1. The predicted molar refractivity (Wildman–Crippen MR) is 108 cm³/mol. The van der Waals surface area contributed by atoms with Gasteiger partial charge in [0.15, 0.2) is 0 Å². The summed E-state index contributed by atoms with van der Waals surface area (Å²) in [6.07, 6.45) is 1.42. The van der Waals surface area contributed by atoms with Gasteiger partial charge in [-0.3, -0.25) is 19.7 Å². The van der Waals surface area contributed by atoms with E-state index in [2.05, 4.69) is 5.32 Å². The molecule has 0 saturated heterocycles. The fourth-order valence-electron chi connectivity index (χ4n) is 2.56. The van der Waals surface area contributed by atoms with Gasteiger partial charge in [-0.25, -0.2) is 0 Å². The Morgan fingerprint density at radius 2 is 1.82 bits per heavy atom. The second-order valence-electron chi connectivity index (χ2n) is 5.82. The normalized spacial score (nSPS) is 11.0. The fraction of sp³-hybridized carbons (Fsp3) is 0.200. The first-order valence-electron chi connectivity index (χ1n) is 8.68. The topological polar surface area (TPSA) is 92.6 Å². The monoisotopic (exact) mass is 401 g/mol. The van der Waals surface area contributed by atoms with Crippen LogP contribution in [0.1, 0.15) is 29.8 Å². The van der Waals surface area contributed by atoms with E-state index in [0.717, 1.165) is 0 Å². The zero-order valence-electron chi connectivity index (χ0n) is 15.5. The number of carbonyl (C=O) groups is 2. The largest absolute Gasteiger partial charge is 0.338 e. The van der Waals surface area contributed by atoms with Crippen LogP contribution in [0.4, 0.5) is 5.69 Å². The molecule has 0 fully saturated rings. The molecule has 0 aliphatic rings. The molecule has 7 nitrogen and oxygen atoms in total. The van der Waals surface area contributed by atoms with Crippen molar-refractivity contribution in [3.8, 4) is 0 Å². The Morgan fingerprint density at radius 1 is 1.14 bits per heavy atom. The molecule has 0 heterocycles. The third-order valence-corrected chi connectivity index (χ3v) is 4.37. The lowest BCUT2D eigenvalue weighted by Gasteiger charge is -2.21. The molecule has 0 spiro atoms. The lowest BCUT2D eigenvalue weighted by atomic mass is 10.1. The van der Waals surface area contributed by atoms with Gasteiger partial charge in [0.05, 0.1) is 15.5 Å². The van der Waals surface area contributed by atoms with E-state index in [1.54, 1.807) is 30.3 Å². The zero-order valence-corrected chi connectivity index (χ0v) is 16.3. The van der Waals surface area contributed by atoms with Crippen LogP contribution in [0.2, 0.25) is 5.02 Å². The number of nitrogens with zero attached hydrogens (tertiary/aromatic N) is 2. The van der Waals surface area contributed by atoms with E-state index in [-0.39, 0.29) is 22.0 Å². The second-order valence-corrected chi connectivity index (χ2v) is 6.23. The van der Waals surface area contributed by atoms with Crippen LogP contribution in [0.25, 0.3) is 6.08 Å². The van der Waals surface area contributed by atoms with Gasteiger partial charge < -0.3 is 10.2 Å². The number of nitro groups is 1. The highest BCUT2D eigenvalue weighted by Gasteiger charge is 2.20. The first kappa shape index (κ1) is 21.1. The molecular weight excluding hydrogens is 382 g/mol. The maximum atomic E-state index is 12.9. The highest BCUT2D eigenvalue weighted by molar-refractivity contribution is 6.34. The Labute approximate surface area is 167 Å². The number of rotatable bonds is 7. The number of nitro benzene ring substituents is 1. The third-order valence-electron chi connectivity index (χ3n) is 4.04. The van der Waals surface area contributed by atoms with Crippen molar-refractivity contribution in [3.05, 3.63) is 80.5 Å². The van der Waals surface area contributed by atoms with Gasteiger partial charge >= 0.3 is 0 Å². The molecule has 2 rings (SSSR count). The van der Waals surface area contributed by atoms with Crippen molar-refractivity contribution in [2.75, 3.05) is 13.1 Å². The lowest BCUT2D eigenvalue weighted by molar-refractivity contribution is -0.384. The summed E-state index contributed by atoms with van der Waals surface area (Å²) in [5.41, 5.74) is 0.542. The number of nitrogens with one attached hydrogen (secondary N) is 1. The molecule has 0 unspecified atom stereocenters. The van der Waals surface area contributed by atoms with Crippen molar-refractivity contribution in [1.29, 1.82) is 0 Å². The van der Waals surface area contributed by atoms with Crippen molar-refractivity contribution in [2.24, 2.45) is 0 Å². The number of carbonyl (C=O) groups excluding carboxylic acids is 2. The molecule has 0 atom stereocenters. The van der Waals surface area contributed by atoms with Gasteiger partial charge in [-0.05, 0) is 37.6 Å². The van der Waals surface area contributed by atoms with Crippen molar-refractivity contribution in [2.45, 2.75) is 13.8 Å². The highest BCUT2D eigenvalue weighted by Crippen LogP contribution is 2.18. The molecule has 0 aliphatic carbocycles. The first-order chi connectivity index (χ1) is 13.4. The molecule has 1 N–H and O–H groups in total. The third kappa shape index (κ3) is 5.17. The molecular formula is C20H20ClN3O4. The molecule has 2 aromatic carbocycles. The minimum Gasteiger partial charge on any atom is -0.338 e. The summed E-state index contributed by atoms with van der Waals surface area (Å²) in [5, 5.41) is 13.9. The average molecular weight is 402 g/mol. The van der Waals surface area contributed by atoms with E-state index in [4.69, 9.17) is 11.6 Å².